The zero-order valence-corrected chi connectivity index (χ0v) is 17.3. The van der Waals surface area contributed by atoms with Crippen LogP contribution in [0.5, 0.6) is 0 Å². The van der Waals surface area contributed by atoms with Gasteiger partial charge < -0.3 is 10.2 Å². The lowest BCUT2D eigenvalue weighted by atomic mass is 10.1. The van der Waals surface area contributed by atoms with Crippen molar-refractivity contribution in [3.05, 3.63) is 77.3 Å². The van der Waals surface area contributed by atoms with Crippen molar-refractivity contribution in [1.29, 1.82) is 0 Å². The molecule has 1 aromatic heterocycles. The third-order valence-corrected chi connectivity index (χ3v) is 4.90. The first kappa shape index (κ1) is 20.6. The summed E-state index contributed by atoms with van der Waals surface area (Å²) in [5.74, 6) is 0. The largest absolute Gasteiger partial charge is 0.371 e. The second-order valence-corrected chi connectivity index (χ2v) is 7.15. The molecule has 0 fully saturated rings. The van der Waals surface area contributed by atoms with E-state index >= 15 is 0 Å². The smallest absolute Gasteiger partial charge is 0.147 e. The Morgan fingerprint density at radius 2 is 1.90 bits per heavy atom. The molecule has 150 valence electrons. The molecule has 2 aromatic rings. The molecular formula is C25H29N3O. The van der Waals surface area contributed by atoms with E-state index in [1.165, 1.54) is 11.3 Å². The highest BCUT2D eigenvalue weighted by molar-refractivity contribution is 5.79. The van der Waals surface area contributed by atoms with Crippen molar-refractivity contribution in [1.82, 2.24) is 10.3 Å². The number of pyridine rings is 1. The molecule has 0 aliphatic carbocycles. The number of para-hydroxylation sites is 1. The molecule has 4 nitrogen and oxygen atoms in total. The van der Waals surface area contributed by atoms with Crippen LogP contribution in [-0.4, -0.2) is 24.4 Å². The van der Waals surface area contributed by atoms with Crippen molar-refractivity contribution in [3.8, 4) is 0 Å². The maximum absolute atomic E-state index is 10.9. The number of carbonyl (C=O) groups is 1. The monoisotopic (exact) mass is 387 g/mol. The van der Waals surface area contributed by atoms with Gasteiger partial charge in [-0.3, -0.25) is 9.78 Å². The Kier molecular flexibility index (Phi) is 7.40. The zero-order valence-electron chi connectivity index (χ0n) is 17.3. The van der Waals surface area contributed by atoms with E-state index in [0.717, 1.165) is 54.7 Å². The molecule has 4 heteroatoms. The summed E-state index contributed by atoms with van der Waals surface area (Å²) in [6.07, 6.45) is 13.6. The molecule has 1 aliphatic rings. The highest BCUT2D eigenvalue weighted by Gasteiger charge is 2.09. The summed E-state index contributed by atoms with van der Waals surface area (Å²) >= 11 is 0. The SMILES string of the molecule is CCCN(CCC)c1ccccc1/C=C/c1cc(C2=CCC(C=O)=CN2)ccn1. The van der Waals surface area contributed by atoms with Gasteiger partial charge in [0.1, 0.15) is 6.29 Å². The molecular weight excluding hydrogens is 358 g/mol. The van der Waals surface area contributed by atoms with Crippen molar-refractivity contribution in [2.75, 3.05) is 18.0 Å². The number of hydrogen-bond acceptors (Lipinski definition) is 4. The maximum atomic E-state index is 10.9. The van der Waals surface area contributed by atoms with Gasteiger partial charge >= 0.3 is 0 Å². The van der Waals surface area contributed by atoms with E-state index in [4.69, 9.17) is 0 Å². The van der Waals surface area contributed by atoms with E-state index in [1.54, 1.807) is 6.20 Å². The van der Waals surface area contributed by atoms with Crippen LogP contribution in [0.25, 0.3) is 17.8 Å². The van der Waals surface area contributed by atoms with E-state index in [9.17, 15) is 4.79 Å². The molecule has 0 spiro atoms. The molecule has 1 aromatic carbocycles. The quantitative estimate of drug-likeness (QED) is 0.594. The molecule has 0 radical (unpaired) electrons. The third-order valence-electron chi connectivity index (χ3n) is 4.90. The van der Waals surface area contributed by atoms with Gasteiger partial charge in [-0.15, -0.1) is 0 Å². The molecule has 1 aliphatic heterocycles. The number of aldehydes is 1. The normalized spacial score (nSPS) is 13.6. The lowest BCUT2D eigenvalue weighted by molar-refractivity contribution is -0.105. The molecule has 3 rings (SSSR count). The Balaban J connectivity index is 1.81. The fourth-order valence-corrected chi connectivity index (χ4v) is 3.48. The molecule has 0 saturated heterocycles. The van der Waals surface area contributed by atoms with Crippen molar-refractivity contribution in [2.45, 2.75) is 33.1 Å². The summed E-state index contributed by atoms with van der Waals surface area (Å²) in [4.78, 5) is 17.8. The zero-order chi connectivity index (χ0) is 20.5. The number of aromatic nitrogens is 1. The molecule has 0 saturated carbocycles. The number of allylic oxidation sites excluding steroid dienone is 2. The Hall–Kier alpha value is -3.14. The van der Waals surface area contributed by atoms with Crippen LogP contribution in [0.3, 0.4) is 0 Å². The van der Waals surface area contributed by atoms with Crippen LogP contribution >= 0.6 is 0 Å². The van der Waals surface area contributed by atoms with Crippen LogP contribution in [0.1, 0.15) is 49.9 Å². The molecule has 0 unspecified atom stereocenters. The molecule has 29 heavy (non-hydrogen) atoms. The van der Waals surface area contributed by atoms with Gasteiger partial charge in [-0.2, -0.15) is 0 Å². The van der Waals surface area contributed by atoms with Gasteiger partial charge in [-0.05, 0) is 49.1 Å². The number of nitrogens with one attached hydrogen (secondary N) is 1. The number of nitrogens with zero attached hydrogens (tertiary/aromatic N) is 2. The van der Waals surface area contributed by atoms with Crippen molar-refractivity contribution in [2.24, 2.45) is 0 Å². The first-order valence-electron chi connectivity index (χ1n) is 10.3. The minimum Gasteiger partial charge on any atom is -0.371 e. The summed E-state index contributed by atoms with van der Waals surface area (Å²) in [5.41, 5.74) is 6.20. The number of hydrogen-bond donors (Lipinski definition) is 1. The van der Waals surface area contributed by atoms with Gasteiger partial charge in [0.25, 0.3) is 0 Å². The van der Waals surface area contributed by atoms with E-state index in [1.807, 2.05) is 18.3 Å². The summed E-state index contributed by atoms with van der Waals surface area (Å²) in [6.45, 7) is 6.56. The summed E-state index contributed by atoms with van der Waals surface area (Å²) in [5, 5.41) is 3.20. The van der Waals surface area contributed by atoms with Crippen LogP contribution in [0, 0.1) is 0 Å². The summed E-state index contributed by atoms with van der Waals surface area (Å²) in [7, 11) is 0. The van der Waals surface area contributed by atoms with Gasteiger partial charge in [-0.1, -0.05) is 44.2 Å². The second-order valence-electron chi connectivity index (χ2n) is 7.15. The standard InChI is InChI=1S/C25H29N3O/c1-3-15-28(16-4-2)25-8-6-5-7-21(25)10-11-23-17-22(13-14-26-23)24-12-9-20(19-29)18-27-24/h5-8,10-14,17-19,27H,3-4,9,15-16H2,1-2H3/b11-10+. The van der Waals surface area contributed by atoms with Crippen molar-refractivity contribution >= 4 is 29.8 Å². The van der Waals surface area contributed by atoms with Gasteiger partial charge in [-0.25, -0.2) is 0 Å². The van der Waals surface area contributed by atoms with E-state index < -0.39 is 0 Å². The summed E-state index contributed by atoms with van der Waals surface area (Å²) < 4.78 is 0. The van der Waals surface area contributed by atoms with Gasteiger partial charge in [0.15, 0.2) is 0 Å². The van der Waals surface area contributed by atoms with Gasteiger partial charge in [0, 0.05) is 48.0 Å². The van der Waals surface area contributed by atoms with E-state index in [-0.39, 0.29) is 0 Å². The van der Waals surface area contributed by atoms with Crippen LogP contribution in [-0.2, 0) is 4.79 Å². The minimum atomic E-state index is 0.650. The number of dihydropyridines is 1. The number of rotatable bonds is 9. The third kappa shape index (κ3) is 5.44. The van der Waals surface area contributed by atoms with Crippen LogP contribution in [0.15, 0.2) is 60.4 Å². The fourth-order valence-electron chi connectivity index (χ4n) is 3.48. The Morgan fingerprint density at radius 3 is 2.59 bits per heavy atom. The highest BCUT2D eigenvalue weighted by Crippen LogP contribution is 2.24. The van der Waals surface area contributed by atoms with Crippen molar-refractivity contribution < 1.29 is 4.79 Å². The second kappa shape index (κ2) is 10.4. The predicted octanol–water partition coefficient (Wildman–Crippen LogP) is 5.30. The molecule has 0 bridgehead atoms. The van der Waals surface area contributed by atoms with E-state index in [2.05, 4.69) is 71.5 Å². The topological polar surface area (TPSA) is 45.2 Å². The number of anilines is 1. The van der Waals surface area contributed by atoms with Gasteiger partial charge in [0.2, 0.25) is 0 Å². The Bertz CT molecular complexity index is 921. The minimum absolute atomic E-state index is 0.650. The Morgan fingerprint density at radius 1 is 1.10 bits per heavy atom. The van der Waals surface area contributed by atoms with Crippen LogP contribution in [0.4, 0.5) is 5.69 Å². The average Bonchev–Trinajstić information content (AvgIpc) is 2.78. The Labute approximate surface area is 173 Å². The summed E-state index contributed by atoms with van der Waals surface area (Å²) in [6, 6.07) is 12.6. The highest BCUT2D eigenvalue weighted by atomic mass is 16.1. The number of benzene rings is 1. The predicted molar refractivity (Wildman–Crippen MR) is 122 cm³/mol. The lowest BCUT2D eigenvalue weighted by Crippen LogP contribution is -2.25. The van der Waals surface area contributed by atoms with Gasteiger partial charge in [0.05, 0.1) is 5.69 Å². The molecule has 0 atom stereocenters. The first-order chi connectivity index (χ1) is 14.2. The lowest BCUT2D eigenvalue weighted by Gasteiger charge is -2.25. The maximum Gasteiger partial charge on any atom is 0.147 e. The number of carbonyl (C=O) groups excluding carboxylic acids is 1. The average molecular weight is 388 g/mol. The molecule has 1 N–H and O–H groups in total. The van der Waals surface area contributed by atoms with Crippen molar-refractivity contribution in [3.63, 3.8) is 0 Å². The van der Waals surface area contributed by atoms with Crippen LogP contribution in [0.2, 0.25) is 0 Å². The molecule has 2 heterocycles. The van der Waals surface area contributed by atoms with Crippen LogP contribution < -0.4 is 10.2 Å². The molecule has 0 amide bonds. The fraction of sp³-hybridized carbons (Fsp3) is 0.280. The first-order valence-corrected chi connectivity index (χ1v) is 10.3. The van der Waals surface area contributed by atoms with E-state index in [0.29, 0.717) is 6.42 Å².